The van der Waals surface area contributed by atoms with Crippen molar-refractivity contribution < 1.29 is 4.79 Å². The van der Waals surface area contributed by atoms with E-state index in [0.29, 0.717) is 30.5 Å². The maximum absolute atomic E-state index is 12.5. The van der Waals surface area contributed by atoms with Gasteiger partial charge in [-0.1, -0.05) is 19.9 Å². The fourth-order valence-electron chi connectivity index (χ4n) is 2.37. The minimum atomic E-state index is -0.0597. The van der Waals surface area contributed by atoms with E-state index in [1.807, 2.05) is 36.7 Å². The molecule has 1 heterocycles. The molecular formula is C18H27N5O. The molecule has 1 unspecified atom stereocenters. The summed E-state index contributed by atoms with van der Waals surface area (Å²) in [5.74, 6) is 1.32. The number of anilines is 1. The molecule has 1 atom stereocenters. The Balaban J connectivity index is 2.00. The van der Waals surface area contributed by atoms with Crippen LogP contribution in [0.2, 0.25) is 0 Å². The number of amides is 1. The topological polar surface area (TPSA) is 71.8 Å². The third-order valence-corrected chi connectivity index (χ3v) is 4.40. The second-order valence-corrected chi connectivity index (χ2v) is 6.52. The van der Waals surface area contributed by atoms with Gasteiger partial charge in [0.2, 0.25) is 0 Å². The molecule has 6 nitrogen and oxygen atoms in total. The van der Waals surface area contributed by atoms with E-state index in [1.165, 1.54) is 0 Å². The Morgan fingerprint density at radius 2 is 2.04 bits per heavy atom. The first-order valence-corrected chi connectivity index (χ1v) is 8.37. The highest BCUT2D eigenvalue weighted by atomic mass is 16.1. The Bertz CT molecular complexity index is 692. The first-order chi connectivity index (χ1) is 11.4. The summed E-state index contributed by atoms with van der Waals surface area (Å²) >= 11 is 0. The van der Waals surface area contributed by atoms with E-state index in [2.05, 4.69) is 41.6 Å². The molecule has 1 amide bonds. The summed E-state index contributed by atoms with van der Waals surface area (Å²) < 4.78 is 1.86. The minimum Gasteiger partial charge on any atom is -0.382 e. The lowest BCUT2D eigenvalue weighted by molar-refractivity contribution is 0.0953. The van der Waals surface area contributed by atoms with Crippen LogP contribution in [0, 0.1) is 12.8 Å². The zero-order valence-corrected chi connectivity index (χ0v) is 15.1. The molecule has 2 aromatic rings. The number of aryl methyl sites for hydroxylation is 1. The average molecular weight is 329 g/mol. The van der Waals surface area contributed by atoms with Gasteiger partial charge in [0.15, 0.2) is 0 Å². The first-order valence-electron chi connectivity index (χ1n) is 8.37. The van der Waals surface area contributed by atoms with E-state index < -0.39 is 0 Å². The van der Waals surface area contributed by atoms with Gasteiger partial charge in [-0.15, -0.1) is 10.2 Å². The van der Waals surface area contributed by atoms with Crippen molar-refractivity contribution in [1.29, 1.82) is 0 Å². The minimum absolute atomic E-state index is 0.0597. The number of hydrogen-bond acceptors (Lipinski definition) is 4. The maximum atomic E-state index is 12.5. The molecular weight excluding hydrogens is 302 g/mol. The number of nitrogens with zero attached hydrogens (tertiary/aromatic N) is 3. The van der Waals surface area contributed by atoms with Gasteiger partial charge < -0.3 is 15.2 Å². The van der Waals surface area contributed by atoms with Crippen molar-refractivity contribution in [2.45, 2.75) is 40.2 Å². The Hall–Kier alpha value is -2.37. The fourth-order valence-corrected chi connectivity index (χ4v) is 2.37. The van der Waals surface area contributed by atoms with Gasteiger partial charge in [0.05, 0.1) is 0 Å². The molecule has 0 aliphatic rings. The van der Waals surface area contributed by atoms with Crippen LogP contribution in [0.4, 0.5) is 5.69 Å². The Kier molecular flexibility index (Phi) is 5.95. The Morgan fingerprint density at radius 3 is 2.67 bits per heavy atom. The van der Waals surface area contributed by atoms with Crippen LogP contribution in [0.3, 0.4) is 0 Å². The summed E-state index contributed by atoms with van der Waals surface area (Å²) in [6, 6.07) is 6.14. The van der Waals surface area contributed by atoms with Crippen LogP contribution in [-0.2, 0) is 13.5 Å². The number of carbonyl (C=O) groups is 1. The highest BCUT2D eigenvalue weighted by Gasteiger charge is 2.14. The monoisotopic (exact) mass is 329 g/mol. The van der Waals surface area contributed by atoms with E-state index in [4.69, 9.17) is 0 Å². The van der Waals surface area contributed by atoms with Crippen molar-refractivity contribution in [3.8, 4) is 0 Å². The molecule has 0 aliphatic heterocycles. The standard InChI is InChI=1S/C18H27N5O/c1-12(2)14(4)21-16-8-6-7-15(13(16)3)18(24)19-10-9-17-22-20-11-23(17)5/h6-8,11-12,14,21H,9-10H2,1-5H3,(H,19,24). The molecule has 6 heteroatoms. The molecule has 1 aromatic carbocycles. The number of carbonyl (C=O) groups excluding carboxylic acids is 1. The van der Waals surface area contributed by atoms with Crippen LogP contribution < -0.4 is 10.6 Å². The van der Waals surface area contributed by atoms with Gasteiger partial charge in [0.25, 0.3) is 5.91 Å². The molecule has 0 radical (unpaired) electrons. The highest BCUT2D eigenvalue weighted by molar-refractivity contribution is 5.97. The van der Waals surface area contributed by atoms with Crippen molar-refractivity contribution >= 4 is 11.6 Å². The van der Waals surface area contributed by atoms with Crippen molar-refractivity contribution in [3.05, 3.63) is 41.5 Å². The number of aromatic nitrogens is 3. The lowest BCUT2D eigenvalue weighted by atomic mass is 10.0. The van der Waals surface area contributed by atoms with E-state index >= 15 is 0 Å². The molecule has 24 heavy (non-hydrogen) atoms. The van der Waals surface area contributed by atoms with E-state index in [-0.39, 0.29) is 5.91 Å². The zero-order chi connectivity index (χ0) is 17.7. The third kappa shape index (κ3) is 4.34. The maximum Gasteiger partial charge on any atom is 0.251 e. The van der Waals surface area contributed by atoms with Crippen LogP contribution in [0.25, 0.3) is 0 Å². The van der Waals surface area contributed by atoms with Crippen molar-refractivity contribution in [3.63, 3.8) is 0 Å². The third-order valence-electron chi connectivity index (χ3n) is 4.40. The smallest absolute Gasteiger partial charge is 0.251 e. The summed E-state index contributed by atoms with van der Waals surface area (Å²) in [5.41, 5.74) is 2.69. The lowest BCUT2D eigenvalue weighted by Crippen LogP contribution is -2.28. The molecule has 0 fully saturated rings. The average Bonchev–Trinajstić information content (AvgIpc) is 2.94. The highest BCUT2D eigenvalue weighted by Crippen LogP contribution is 2.21. The summed E-state index contributed by atoms with van der Waals surface area (Å²) in [7, 11) is 1.90. The summed E-state index contributed by atoms with van der Waals surface area (Å²) in [5, 5.41) is 14.3. The number of rotatable bonds is 7. The predicted octanol–water partition coefficient (Wildman–Crippen LogP) is 2.55. The Morgan fingerprint density at radius 1 is 1.29 bits per heavy atom. The van der Waals surface area contributed by atoms with Gasteiger partial charge in [0, 0.05) is 37.3 Å². The van der Waals surface area contributed by atoms with Gasteiger partial charge >= 0.3 is 0 Å². The van der Waals surface area contributed by atoms with Crippen molar-refractivity contribution in [2.75, 3.05) is 11.9 Å². The Labute approximate surface area is 143 Å². The van der Waals surface area contributed by atoms with Gasteiger partial charge in [-0.2, -0.15) is 0 Å². The molecule has 0 saturated heterocycles. The number of hydrogen-bond donors (Lipinski definition) is 2. The molecule has 0 spiro atoms. The van der Waals surface area contributed by atoms with E-state index in [1.54, 1.807) is 6.33 Å². The second-order valence-electron chi connectivity index (χ2n) is 6.52. The molecule has 0 bridgehead atoms. The summed E-state index contributed by atoms with van der Waals surface area (Å²) in [6.07, 6.45) is 2.32. The lowest BCUT2D eigenvalue weighted by Gasteiger charge is -2.21. The van der Waals surface area contributed by atoms with Gasteiger partial charge in [-0.25, -0.2) is 0 Å². The second kappa shape index (κ2) is 7.95. The molecule has 1 aromatic heterocycles. The van der Waals surface area contributed by atoms with Gasteiger partial charge in [0.1, 0.15) is 12.2 Å². The molecule has 130 valence electrons. The van der Waals surface area contributed by atoms with Crippen molar-refractivity contribution in [2.24, 2.45) is 13.0 Å². The molecule has 2 N–H and O–H groups in total. The van der Waals surface area contributed by atoms with Crippen LogP contribution in [-0.4, -0.2) is 33.3 Å². The summed E-state index contributed by atoms with van der Waals surface area (Å²) in [4.78, 5) is 12.5. The largest absolute Gasteiger partial charge is 0.382 e. The van der Waals surface area contributed by atoms with Crippen LogP contribution in [0.1, 0.15) is 42.5 Å². The first kappa shape index (κ1) is 18.0. The van der Waals surface area contributed by atoms with E-state index in [0.717, 1.165) is 17.1 Å². The fraction of sp³-hybridized carbons (Fsp3) is 0.500. The summed E-state index contributed by atoms with van der Waals surface area (Å²) in [6.45, 7) is 9.02. The van der Waals surface area contributed by atoms with Gasteiger partial charge in [-0.3, -0.25) is 4.79 Å². The van der Waals surface area contributed by atoms with E-state index in [9.17, 15) is 4.79 Å². The van der Waals surface area contributed by atoms with Gasteiger partial charge in [-0.05, 0) is 37.5 Å². The molecule has 0 aliphatic carbocycles. The predicted molar refractivity (Wildman–Crippen MR) is 96.1 cm³/mol. The molecule has 2 rings (SSSR count). The zero-order valence-electron chi connectivity index (χ0n) is 15.1. The van der Waals surface area contributed by atoms with Crippen LogP contribution in [0.15, 0.2) is 24.5 Å². The quantitative estimate of drug-likeness (QED) is 0.819. The van der Waals surface area contributed by atoms with Crippen LogP contribution in [0.5, 0.6) is 0 Å². The number of nitrogens with one attached hydrogen (secondary N) is 2. The van der Waals surface area contributed by atoms with Crippen molar-refractivity contribution in [1.82, 2.24) is 20.1 Å². The number of benzene rings is 1. The molecule has 0 saturated carbocycles. The SMILES string of the molecule is Cc1c(NC(C)C(C)C)cccc1C(=O)NCCc1nncn1C. The van der Waals surface area contributed by atoms with Crippen LogP contribution >= 0.6 is 0 Å². The normalized spacial score (nSPS) is 12.2.